The monoisotopic (exact) mass is 426 g/mol. The number of sulfone groups is 1. The van der Waals surface area contributed by atoms with Crippen LogP contribution >= 0.6 is 24.0 Å². The minimum atomic E-state index is -3.09. The molecule has 1 N–H and O–H groups in total. The first kappa shape index (κ1) is 19.8. The van der Waals surface area contributed by atoms with Crippen molar-refractivity contribution in [3.63, 3.8) is 0 Å². The lowest BCUT2D eigenvalue weighted by atomic mass is 10.2. The van der Waals surface area contributed by atoms with E-state index in [-0.39, 0.29) is 28.3 Å². The zero-order valence-corrected chi connectivity index (χ0v) is 17.0. The zero-order chi connectivity index (χ0) is 19.6. The number of hydrogen-bond donors (Lipinski definition) is 1. The second-order valence-electron chi connectivity index (χ2n) is 6.18. The molecule has 3 rings (SSSR count). The van der Waals surface area contributed by atoms with Crippen molar-refractivity contribution in [2.24, 2.45) is 0 Å². The largest absolute Gasteiger partial charge is 0.496 e. The molecule has 0 unspecified atom stereocenters. The second kappa shape index (κ2) is 7.99. The van der Waals surface area contributed by atoms with Gasteiger partial charge in [0.1, 0.15) is 16.6 Å². The summed E-state index contributed by atoms with van der Waals surface area (Å²) >= 11 is 6.35. The van der Waals surface area contributed by atoms with Gasteiger partial charge in [0.25, 0.3) is 5.91 Å². The van der Waals surface area contributed by atoms with Crippen molar-refractivity contribution in [3.8, 4) is 5.75 Å². The molecule has 2 fully saturated rings. The number of nitrogens with one attached hydrogen (secondary N) is 1. The van der Waals surface area contributed by atoms with E-state index in [1.807, 2.05) is 18.2 Å². The van der Waals surface area contributed by atoms with Crippen molar-refractivity contribution in [3.05, 3.63) is 34.7 Å². The number of carbonyl (C=O) groups is 2. The third kappa shape index (κ3) is 4.69. The van der Waals surface area contributed by atoms with Crippen LogP contribution in [0, 0.1) is 0 Å². The number of hydrogen-bond acceptors (Lipinski definition) is 7. The molecule has 0 aromatic heterocycles. The molecule has 0 radical (unpaired) electrons. The lowest BCUT2D eigenvalue weighted by molar-refractivity contribution is -0.129. The number of rotatable bonds is 5. The van der Waals surface area contributed by atoms with Crippen LogP contribution in [0.15, 0.2) is 29.2 Å². The molecule has 0 aliphatic carbocycles. The normalized spacial score (nSPS) is 23.1. The highest BCUT2D eigenvalue weighted by atomic mass is 32.2. The van der Waals surface area contributed by atoms with Gasteiger partial charge in [0.05, 0.1) is 23.5 Å². The third-order valence-corrected chi connectivity index (χ3v) is 7.34. The van der Waals surface area contributed by atoms with Crippen molar-refractivity contribution >= 4 is 56.0 Å². The number of benzene rings is 1. The van der Waals surface area contributed by atoms with E-state index in [4.69, 9.17) is 17.0 Å². The van der Waals surface area contributed by atoms with E-state index < -0.39 is 21.8 Å². The minimum Gasteiger partial charge on any atom is -0.496 e. The smallest absolute Gasteiger partial charge is 0.266 e. The fraction of sp³-hybridized carbons (Fsp3) is 0.353. The summed E-state index contributed by atoms with van der Waals surface area (Å²) in [6.45, 7) is -0.232. The highest BCUT2D eigenvalue weighted by molar-refractivity contribution is 8.26. The SMILES string of the molecule is COc1ccccc1/C=C1\SC(=S)N(CC(=O)N[C@H]2CCS(=O)(=O)C2)C1=O. The van der Waals surface area contributed by atoms with Gasteiger partial charge in [0.15, 0.2) is 9.84 Å². The van der Waals surface area contributed by atoms with Gasteiger partial charge in [-0.15, -0.1) is 0 Å². The van der Waals surface area contributed by atoms with Crippen molar-refractivity contribution in [1.29, 1.82) is 0 Å². The van der Waals surface area contributed by atoms with Gasteiger partial charge in [-0.1, -0.05) is 42.2 Å². The Morgan fingerprint density at radius 2 is 2.19 bits per heavy atom. The summed E-state index contributed by atoms with van der Waals surface area (Å²) in [5, 5.41) is 2.66. The molecule has 1 aromatic rings. The fourth-order valence-corrected chi connectivity index (χ4v) is 5.81. The molecule has 1 atom stereocenters. The second-order valence-corrected chi connectivity index (χ2v) is 10.1. The summed E-state index contributed by atoms with van der Waals surface area (Å²) in [6.07, 6.45) is 2.07. The minimum absolute atomic E-state index is 0.0646. The summed E-state index contributed by atoms with van der Waals surface area (Å²) in [5.41, 5.74) is 0.737. The Labute approximate surface area is 167 Å². The van der Waals surface area contributed by atoms with Crippen LogP contribution in [0.4, 0.5) is 0 Å². The summed E-state index contributed by atoms with van der Waals surface area (Å²) < 4.78 is 28.5. The number of thiocarbonyl (C=S) groups is 1. The predicted octanol–water partition coefficient (Wildman–Crippen LogP) is 1.20. The predicted molar refractivity (Wildman–Crippen MR) is 108 cm³/mol. The van der Waals surface area contributed by atoms with Gasteiger partial charge in [-0.05, 0) is 18.6 Å². The average Bonchev–Trinajstić information content (AvgIpc) is 3.08. The number of methoxy groups -OCH3 is 1. The molecule has 144 valence electrons. The fourth-order valence-electron chi connectivity index (χ4n) is 2.89. The first-order valence-electron chi connectivity index (χ1n) is 8.17. The highest BCUT2D eigenvalue weighted by Crippen LogP contribution is 2.34. The van der Waals surface area contributed by atoms with Gasteiger partial charge in [-0.25, -0.2) is 8.42 Å². The van der Waals surface area contributed by atoms with E-state index in [2.05, 4.69) is 5.32 Å². The molecule has 2 amide bonds. The van der Waals surface area contributed by atoms with Gasteiger partial charge in [0.2, 0.25) is 5.91 Å². The molecule has 27 heavy (non-hydrogen) atoms. The summed E-state index contributed by atoms with van der Waals surface area (Å²) in [5.74, 6) is -0.147. The molecular formula is C17H18N2O5S3. The molecule has 2 saturated heterocycles. The van der Waals surface area contributed by atoms with Crippen LogP contribution in [0.3, 0.4) is 0 Å². The van der Waals surface area contributed by atoms with Crippen molar-refractivity contribution in [2.75, 3.05) is 25.2 Å². The maximum absolute atomic E-state index is 12.6. The van der Waals surface area contributed by atoms with E-state index in [1.54, 1.807) is 19.3 Å². The first-order valence-corrected chi connectivity index (χ1v) is 11.2. The molecule has 0 spiro atoms. The van der Waals surface area contributed by atoms with Gasteiger partial charge in [-0.3, -0.25) is 14.5 Å². The quantitative estimate of drug-likeness (QED) is 0.559. The van der Waals surface area contributed by atoms with E-state index in [9.17, 15) is 18.0 Å². The van der Waals surface area contributed by atoms with Crippen LogP contribution < -0.4 is 10.1 Å². The van der Waals surface area contributed by atoms with Gasteiger partial charge in [0, 0.05) is 11.6 Å². The average molecular weight is 427 g/mol. The number of ether oxygens (including phenoxy) is 1. The van der Waals surface area contributed by atoms with E-state index in [0.29, 0.717) is 17.1 Å². The lowest BCUT2D eigenvalue weighted by Gasteiger charge is -2.16. The number of para-hydroxylation sites is 1. The Morgan fingerprint density at radius 3 is 2.85 bits per heavy atom. The van der Waals surface area contributed by atoms with Crippen molar-refractivity contribution in [2.45, 2.75) is 12.5 Å². The topological polar surface area (TPSA) is 92.8 Å². The molecule has 10 heteroatoms. The number of carbonyl (C=O) groups excluding carboxylic acids is 2. The van der Waals surface area contributed by atoms with E-state index in [0.717, 1.165) is 17.3 Å². The number of amides is 2. The van der Waals surface area contributed by atoms with Crippen LogP contribution in [0.5, 0.6) is 5.75 Å². The van der Waals surface area contributed by atoms with Crippen molar-refractivity contribution < 1.29 is 22.7 Å². The molecular weight excluding hydrogens is 408 g/mol. The molecule has 1 aromatic carbocycles. The number of nitrogens with zero attached hydrogens (tertiary/aromatic N) is 1. The van der Waals surface area contributed by atoms with Crippen LogP contribution in [0.25, 0.3) is 6.08 Å². The van der Waals surface area contributed by atoms with Gasteiger partial charge >= 0.3 is 0 Å². The van der Waals surface area contributed by atoms with Crippen LogP contribution in [0.1, 0.15) is 12.0 Å². The first-order chi connectivity index (χ1) is 12.8. The Kier molecular flexibility index (Phi) is 5.87. The Bertz CT molecular complexity index is 926. The van der Waals surface area contributed by atoms with Gasteiger partial charge < -0.3 is 10.1 Å². The lowest BCUT2D eigenvalue weighted by Crippen LogP contribution is -2.43. The Hall–Kier alpha value is -1.91. The van der Waals surface area contributed by atoms with Crippen LogP contribution in [0.2, 0.25) is 0 Å². The highest BCUT2D eigenvalue weighted by Gasteiger charge is 2.35. The maximum Gasteiger partial charge on any atom is 0.266 e. The summed E-state index contributed by atoms with van der Waals surface area (Å²) in [7, 11) is -1.54. The molecule has 0 bridgehead atoms. The van der Waals surface area contributed by atoms with E-state index >= 15 is 0 Å². The van der Waals surface area contributed by atoms with E-state index in [1.165, 1.54) is 4.90 Å². The maximum atomic E-state index is 12.6. The van der Waals surface area contributed by atoms with Crippen molar-refractivity contribution in [1.82, 2.24) is 10.2 Å². The Morgan fingerprint density at radius 1 is 1.44 bits per heavy atom. The van der Waals surface area contributed by atoms with Crippen LogP contribution in [-0.2, 0) is 19.4 Å². The Balaban J connectivity index is 1.67. The molecule has 2 aliphatic heterocycles. The van der Waals surface area contributed by atoms with Crippen LogP contribution in [-0.4, -0.2) is 60.7 Å². The zero-order valence-electron chi connectivity index (χ0n) is 14.5. The molecule has 7 nitrogen and oxygen atoms in total. The summed E-state index contributed by atoms with van der Waals surface area (Å²) in [4.78, 5) is 26.5. The summed E-state index contributed by atoms with van der Waals surface area (Å²) in [6, 6.07) is 6.85. The molecule has 2 aliphatic rings. The molecule has 2 heterocycles. The number of thioether (sulfide) groups is 1. The standard InChI is InChI=1S/C17H18N2O5S3/c1-24-13-5-3-2-4-11(13)8-14-16(21)19(17(25)26-14)9-15(20)18-12-6-7-27(22,23)10-12/h2-5,8,12H,6-7,9-10H2,1H3,(H,18,20)/b14-8-/t12-/m0/s1. The molecule has 0 saturated carbocycles. The van der Waals surface area contributed by atoms with Gasteiger partial charge in [-0.2, -0.15) is 0 Å². The third-order valence-electron chi connectivity index (χ3n) is 4.20.